The van der Waals surface area contributed by atoms with Crippen molar-refractivity contribution in [2.45, 2.75) is 13.3 Å². The summed E-state index contributed by atoms with van der Waals surface area (Å²) < 4.78 is 54.6. The number of esters is 1. The SMILES string of the molecule is CCOC(=O)c1nc(C(F)F)c(F)cc1F. The van der Waals surface area contributed by atoms with Crippen LogP contribution in [0.1, 0.15) is 29.5 Å². The Balaban J connectivity index is 3.19. The van der Waals surface area contributed by atoms with Gasteiger partial charge in [0.05, 0.1) is 6.61 Å². The van der Waals surface area contributed by atoms with E-state index in [1.165, 1.54) is 6.92 Å². The summed E-state index contributed by atoms with van der Waals surface area (Å²) in [4.78, 5) is 14.0. The monoisotopic (exact) mass is 237 g/mol. The number of rotatable bonds is 3. The molecule has 0 aliphatic heterocycles. The van der Waals surface area contributed by atoms with Crippen molar-refractivity contribution in [2.24, 2.45) is 0 Å². The molecule has 0 bridgehead atoms. The van der Waals surface area contributed by atoms with Crippen molar-refractivity contribution < 1.29 is 27.1 Å². The smallest absolute Gasteiger partial charge is 0.360 e. The van der Waals surface area contributed by atoms with Gasteiger partial charge in [-0.15, -0.1) is 0 Å². The summed E-state index contributed by atoms with van der Waals surface area (Å²) in [5.41, 5.74) is -2.22. The van der Waals surface area contributed by atoms with Crippen LogP contribution in [-0.2, 0) is 4.74 Å². The van der Waals surface area contributed by atoms with Gasteiger partial charge in [0, 0.05) is 6.07 Å². The Morgan fingerprint density at radius 2 is 2.06 bits per heavy atom. The second kappa shape index (κ2) is 4.91. The molecule has 3 nitrogen and oxygen atoms in total. The number of nitrogens with zero attached hydrogens (tertiary/aromatic N) is 1. The van der Waals surface area contributed by atoms with Crippen LogP contribution >= 0.6 is 0 Å². The summed E-state index contributed by atoms with van der Waals surface area (Å²) in [5, 5.41) is 0. The molecule has 1 heterocycles. The van der Waals surface area contributed by atoms with Crippen molar-refractivity contribution in [1.82, 2.24) is 4.98 Å². The zero-order chi connectivity index (χ0) is 12.3. The average Bonchev–Trinajstić information content (AvgIpc) is 2.17. The molecule has 1 aromatic heterocycles. The molecule has 0 N–H and O–H groups in total. The van der Waals surface area contributed by atoms with Crippen LogP contribution < -0.4 is 0 Å². The van der Waals surface area contributed by atoms with E-state index in [0.717, 1.165) is 0 Å². The average molecular weight is 237 g/mol. The maximum absolute atomic E-state index is 13.0. The normalized spacial score (nSPS) is 10.6. The van der Waals surface area contributed by atoms with E-state index < -0.39 is 35.4 Å². The fraction of sp³-hybridized carbons (Fsp3) is 0.333. The Morgan fingerprint density at radius 1 is 1.44 bits per heavy atom. The summed E-state index contributed by atoms with van der Waals surface area (Å²) in [6.07, 6.45) is -3.23. The standard InChI is InChI=1S/C9H7F4NO2/c1-2-16-9(15)7-5(11)3-4(10)6(14-7)8(12)13/h3,8H,2H2,1H3. The van der Waals surface area contributed by atoms with E-state index >= 15 is 0 Å². The minimum Gasteiger partial charge on any atom is -0.461 e. The summed E-state index contributed by atoms with van der Waals surface area (Å²) in [5.74, 6) is -4.04. The topological polar surface area (TPSA) is 39.2 Å². The maximum Gasteiger partial charge on any atom is 0.360 e. The molecule has 0 spiro atoms. The first kappa shape index (κ1) is 12.4. The van der Waals surface area contributed by atoms with Crippen LogP contribution in [0.5, 0.6) is 0 Å². The first-order valence-corrected chi connectivity index (χ1v) is 4.28. The van der Waals surface area contributed by atoms with Crippen LogP contribution in [0.25, 0.3) is 0 Å². The fourth-order valence-electron chi connectivity index (χ4n) is 0.976. The molecule has 0 unspecified atom stereocenters. The molecule has 0 saturated carbocycles. The number of carbonyl (C=O) groups excluding carboxylic acids is 1. The molecule has 0 aliphatic carbocycles. The number of carbonyl (C=O) groups is 1. The van der Waals surface area contributed by atoms with E-state index in [4.69, 9.17) is 0 Å². The highest BCUT2D eigenvalue weighted by Crippen LogP contribution is 2.21. The molecule has 1 rings (SSSR count). The Hall–Kier alpha value is -1.66. The summed E-state index contributed by atoms with van der Waals surface area (Å²) in [7, 11) is 0. The molecule has 0 aliphatic rings. The van der Waals surface area contributed by atoms with Gasteiger partial charge in [0.25, 0.3) is 6.43 Å². The first-order chi connectivity index (χ1) is 7.47. The van der Waals surface area contributed by atoms with Gasteiger partial charge in [-0.2, -0.15) is 0 Å². The Labute approximate surface area is 88.0 Å². The quantitative estimate of drug-likeness (QED) is 0.598. The van der Waals surface area contributed by atoms with Gasteiger partial charge >= 0.3 is 5.97 Å². The lowest BCUT2D eigenvalue weighted by atomic mass is 10.2. The molecule has 0 fully saturated rings. The lowest BCUT2D eigenvalue weighted by Crippen LogP contribution is -2.12. The van der Waals surface area contributed by atoms with Gasteiger partial charge in [-0.1, -0.05) is 0 Å². The molecule has 0 saturated heterocycles. The predicted molar refractivity (Wildman–Crippen MR) is 45.1 cm³/mol. The molecule has 1 aromatic rings. The third kappa shape index (κ3) is 2.47. The molecule has 0 radical (unpaired) electrons. The van der Waals surface area contributed by atoms with Crippen molar-refractivity contribution in [3.63, 3.8) is 0 Å². The number of ether oxygens (including phenoxy) is 1. The van der Waals surface area contributed by atoms with Gasteiger partial charge in [-0.25, -0.2) is 27.3 Å². The number of alkyl halides is 2. The van der Waals surface area contributed by atoms with E-state index in [0.29, 0.717) is 0 Å². The molecule has 0 atom stereocenters. The zero-order valence-corrected chi connectivity index (χ0v) is 8.14. The molecule has 0 amide bonds. The Bertz CT molecular complexity index is 409. The van der Waals surface area contributed by atoms with Gasteiger partial charge in [-0.05, 0) is 6.92 Å². The van der Waals surface area contributed by atoms with Crippen molar-refractivity contribution in [2.75, 3.05) is 6.61 Å². The molecule has 88 valence electrons. The van der Waals surface area contributed by atoms with Gasteiger partial charge in [0.2, 0.25) is 0 Å². The van der Waals surface area contributed by atoms with E-state index in [1.807, 2.05) is 0 Å². The fourth-order valence-corrected chi connectivity index (χ4v) is 0.976. The zero-order valence-electron chi connectivity index (χ0n) is 8.14. The molecule has 16 heavy (non-hydrogen) atoms. The molecular weight excluding hydrogens is 230 g/mol. The van der Waals surface area contributed by atoms with Crippen LogP contribution in [0.2, 0.25) is 0 Å². The van der Waals surface area contributed by atoms with E-state index in [2.05, 4.69) is 9.72 Å². The van der Waals surface area contributed by atoms with Crippen molar-refractivity contribution >= 4 is 5.97 Å². The predicted octanol–water partition coefficient (Wildman–Crippen LogP) is 2.47. The maximum atomic E-state index is 13.0. The van der Waals surface area contributed by atoms with E-state index in [-0.39, 0.29) is 12.7 Å². The Morgan fingerprint density at radius 3 is 2.56 bits per heavy atom. The third-order valence-corrected chi connectivity index (χ3v) is 1.63. The summed E-state index contributed by atoms with van der Waals surface area (Å²) in [6.45, 7) is 1.38. The minimum absolute atomic E-state index is 0.0681. The van der Waals surface area contributed by atoms with Crippen LogP contribution in [-0.4, -0.2) is 17.6 Å². The van der Waals surface area contributed by atoms with Crippen LogP contribution in [0.15, 0.2) is 6.07 Å². The number of aromatic nitrogens is 1. The molecule has 7 heteroatoms. The van der Waals surface area contributed by atoms with E-state index in [9.17, 15) is 22.4 Å². The number of hydrogen-bond donors (Lipinski definition) is 0. The number of hydrogen-bond acceptors (Lipinski definition) is 3. The highest BCUT2D eigenvalue weighted by Gasteiger charge is 2.23. The summed E-state index contributed by atoms with van der Waals surface area (Å²) in [6, 6.07) is 0.181. The van der Waals surface area contributed by atoms with Crippen molar-refractivity contribution in [1.29, 1.82) is 0 Å². The van der Waals surface area contributed by atoms with Crippen LogP contribution in [0, 0.1) is 11.6 Å². The number of halogens is 4. The number of pyridine rings is 1. The Kier molecular flexibility index (Phi) is 3.81. The third-order valence-electron chi connectivity index (χ3n) is 1.63. The van der Waals surface area contributed by atoms with Crippen molar-refractivity contribution in [3.8, 4) is 0 Å². The first-order valence-electron chi connectivity index (χ1n) is 4.28. The van der Waals surface area contributed by atoms with Crippen LogP contribution in [0.4, 0.5) is 17.6 Å². The minimum atomic E-state index is -3.23. The van der Waals surface area contributed by atoms with Gasteiger partial charge in [0.1, 0.15) is 5.69 Å². The van der Waals surface area contributed by atoms with E-state index in [1.54, 1.807) is 0 Å². The van der Waals surface area contributed by atoms with Gasteiger partial charge in [0.15, 0.2) is 17.3 Å². The highest BCUT2D eigenvalue weighted by atomic mass is 19.3. The lowest BCUT2D eigenvalue weighted by Gasteiger charge is -2.05. The van der Waals surface area contributed by atoms with Crippen molar-refractivity contribution in [3.05, 3.63) is 29.1 Å². The van der Waals surface area contributed by atoms with Crippen LogP contribution in [0.3, 0.4) is 0 Å². The second-order valence-electron chi connectivity index (χ2n) is 2.71. The summed E-state index contributed by atoms with van der Waals surface area (Å²) >= 11 is 0. The van der Waals surface area contributed by atoms with Gasteiger partial charge < -0.3 is 4.74 Å². The molecule has 0 aromatic carbocycles. The molecular formula is C9H7F4NO2. The largest absolute Gasteiger partial charge is 0.461 e. The second-order valence-corrected chi connectivity index (χ2v) is 2.71. The lowest BCUT2D eigenvalue weighted by molar-refractivity contribution is 0.0511. The van der Waals surface area contributed by atoms with Gasteiger partial charge in [-0.3, -0.25) is 0 Å². The highest BCUT2D eigenvalue weighted by molar-refractivity contribution is 5.87.